The first kappa shape index (κ1) is 18.8. The van der Waals surface area contributed by atoms with Gasteiger partial charge < -0.3 is 14.4 Å². The van der Waals surface area contributed by atoms with Crippen LogP contribution in [0.15, 0.2) is 30.3 Å². The molecule has 25 heavy (non-hydrogen) atoms. The molecule has 2 heterocycles. The van der Waals surface area contributed by atoms with E-state index in [9.17, 15) is 0 Å². The zero-order chi connectivity index (χ0) is 17.5. The smallest absolute Gasteiger partial charge is 0.0828 e. The quantitative estimate of drug-likeness (QED) is 0.818. The van der Waals surface area contributed by atoms with Crippen molar-refractivity contribution in [3.8, 4) is 0 Å². The number of benzene rings is 1. The third-order valence-electron chi connectivity index (χ3n) is 5.77. The van der Waals surface area contributed by atoms with Crippen LogP contribution in [0.2, 0.25) is 0 Å². The zero-order valence-electron chi connectivity index (χ0n) is 16.0. The molecular formula is C21H34N2O2. The maximum Gasteiger partial charge on any atom is 0.0828 e. The minimum absolute atomic E-state index is 0.0540. The van der Waals surface area contributed by atoms with E-state index in [2.05, 4.69) is 47.1 Å². The predicted molar refractivity (Wildman–Crippen MR) is 102 cm³/mol. The van der Waals surface area contributed by atoms with Crippen molar-refractivity contribution in [3.63, 3.8) is 0 Å². The number of nitrogens with zero attached hydrogens (tertiary/aromatic N) is 2. The molecule has 1 aromatic carbocycles. The molecule has 0 aromatic heterocycles. The Labute approximate surface area is 153 Å². The second-order valence-corrected chi connectivity index (χ2v) is 7.88. The molecule has 4 heteroatoms. The summed E-state index contributed by atoms with van der Waals surface area (Å²) in [7, 11) is 1.85. The largest absolute Gasteiger partial charge is 0.378 e. The van der Waals surface area contributed by atoms with Crippen LogP contribution in [0.1, 0.15) is 38.2 Å². The molecule has 140 valence electrons. The van der Waals surface area contributed by atoms with Gasteiger partial charge >= 0.3 is 0 Å². The van der Waals surface area contributed by atoms with Crippen LogP contribution in [0.4, 0.5) is 0 Å². The SMILES string of the molecule is CO[C@@]1(C)CCCN(C[C@H]2CN(Cc3ccccc3)CCCO2)CC1. The first-order valence-electron chi connectivity index (χ1n) is 9.82. The summed E-state index contributed by atoms with van der Waals surface area (Å²) in [6, 6.07) is 10.8. The van der Waals surface area contributed by atoms with Gasteiger partial charge in [-0.25, -0.2) is 0 Å². The first-order chi connectivity index (χ1) is 12.2. The summed E-state index contributed by atoms with van der Waals surface area (Å²) < 4.78 is 11.9. The van der Waals surface area contributed by atoms with Crippen molar-refractivity contribution in [2.24, 2.45) is 0 Å². The van der Waals surface area contributed by atoms with Crippen LogP contribution in [-0.2, 0) is 16.0 Å². The van der Waals surface area contributed by atoms with Gasteiger partial charge in [-0.15, -0.1) is 0 Å². The molecule has 0 aliphatic carbocycles. The minimum Gasteiger partial charge on any atom is -0.378 e. The van der Waals surface area contributed by atoms with Crippen molar-refractivity contribution in [2.45, 2.75) is 50.9 Å². The molecule has 1 aromatic rings. The van der Waals surface area contributed by atoms with E-state index in [0.717, 1.165) is 65.1 Å². The van der Waals surface area contributed by atoms with Crippen molar-refractivity contribution >= 4 is 0 Å². The lowest BCUT2D eigenvalue weighted by atomic mass is 9.97. The fourth-order valence-electron chi connectivity index (χ4n) is 4.05. The molecule has 0 bridgehead atoms. The molecule has 2 saturated heterocycles. The van der Waals surface area contributed by atoms with Crippen molar-refractivity contribution in [1.29, 1.82) is 0 Å². The van der Waals surface area contributed by atoms with Crippen LogP contribution in [0.5, 0.6) is 0 Å². The van der Waals surface area contributed by atoms with E-state index in [4.69, 9.17) is 9.47 Å². The van der Waals surface area contributed by atoms with Gasteiger partial charge in [-0.1, -0.05) is 30.3 Å². The third-order valence-corrected chi connectivity index (χ3v) is 5.77. The van der Waals surface area contributed by atoms with Gasteiger partial charge in [0.1, 0.15) is 0 Å². The number of hydrogen-bond donors (Lipinski definition) is 0. The van der Waals surface area contributed by atoms with E-state index in [-0.39, 0.29) is 5.60 Å². The van der Waals surface area contributed by atoms with E-state index in [1.165, 1.54) is 12.0 Å². The fourth-order valence-corrected chi connectivity index (χ4v) is 4.05. The van der Waals surface area contributed by atoms with Gasteiger partial charge in [0.05, 0.1) is 11.7 Å². The molecule has 2 fully saturated rings. The van der Waals surface area contributed by atoms with Crippen molar-refractivity contribution in [2.75, 3.05) is 46.4 Å². The fraction of sp³-hybridized carbons (Fsp3) is 0.714. The lowest BCUT2D eigenvalue weighted by Gasteiger charge is -2.29. The van der Waals surface area contributed by atoms with Gasteiger partial charge in [-0.05, 0) is 44.7 Å². The van der Waals surface area contributed by atoms with Crippen molar-refractivity contribution < 1.29 is 9.47 Å². The average molecular weight is 347 g/mol. The maximum absolute atomic E-state index is 6.18. The Balaban J connectivity index is 1.52. The van der Waals surface area contributed by atoms with Crippen molar-refractivity contribution in [1.82, 2.24) is 9.80 Å². The van der Waals surface area contributed by atoms with Gasteiger partial charge in [0.25, 0.3) is 0 Å². The van der Waals surface area contributed by atoms with Gasteiger partial charge in [-0.3, -0.25) is 4.90 Å². The Bertz CT molecular complexity index is 510. The lowest BCUT2D eigenvalue weighted by molar-refractivity contribution is -0.00881. The normalized spacial score (nSPS) is 29.9. The zero-order valence-corrected chi connectivity index (χ0v) is 16.0. The molecule has 0 saturated carbocycles. The van der Waals surface area contributed by atoms with E-state index in [1.807, 2.05) is 7.11 Å². The van der Waals surface area contributed by atoms with E-state index >= 15 is 0 Å². The molecule has 4 nitrogen and oxygen atoms in total. The van der Waals surface area contributed by atoms with Crippen LogP contribution in [0.3, 0.4) is 0 Å². The first-order valence-corrected chi connectivity index (χ1v) is 9.82. The monoisotopic (exact) mass is 346 g/mol. The molecule has 0 spiro atoms. The third kappa shape index (κ3) is 5.78. The van der Waals surface area contributed by atoms with Crippen molar-refractivity contribution in [3.05, 3.63) is 35.9 Å². The van der Waals surface area contributed by atoms with Crippen LogP contribution in [0.25, 0.3) is 0 Å². The Morgan fingerprint density at radius 1 is 1.08 bits per heavy atom. The number of likely N-dealkylation sites (tertiary alicyclic amines) is 1. The average Bonchev–Trinajstić information content (AvgIpc) is 2.95. The van der Waals surface area contributed by atoms with Crippen LogP contribution >= 0.6 is 0 Å². The number of methoxy groups -OCH3 is 1. The summed E-state index contributed by atoms with van der Waals surface area (Å²) in [5.74, 6) is 0. The van der Waals surface area contributed by atoms with Gasteiger partial charge in [0, 0.05) is 46.4 Å². The number of hydrogen-bond acceptors (Lipinski definition) is 4. The Morgan fingerprint density at radius 2 is 1.88 bits per heavy atom. The van der Waals surface area contributed by atoms with Crippen LogP contribution in [-0.4, -0.2) is 67.9 Å². The molecule has 0 amide bonds. The summed E-state index contributed by atoms with van der Waals surface area (Å²) >= 11 is 0. The van der Waals surface area contributed by atoms with Gasteiger partial charge in [0.2, 0.25) is 0 Å². The molecule has 2 atom stereocenters. The highest BCUT2D eigenvalue weighted by atomic mass is 16.5. The van der Waals surface area contributed by atoms with Gasteiger partial charge in [-0.2, -0.15) is 0 Å². The summed E-state index contributed by atoms with van der Waals surface area (Å²) in [4.78, 5) is 5.14. The minimum atomic E-state index is 0.0540. The Kier molecular flexibility index (Phi) is 6.88. The summed E-state index contributed by atoms with van der Waals surface area (Å²) in [6.07, 6.45) is 4.93. The number of ether oxygens (including phenoxy) is 2. The summed E-state index contributed by atoms with van der Waals surface area (Å²) in [5, 5.41) is 0. The van der Waals surface area contributed by atoms with E-state index in [0.29, 0.717) is 6.10 Å². The maximum atomic E-state index is 6.18. The standard InChI is InChI=1S/C21H34N2O2/c1-21(24-2)10-6-12-22(14-11-21)17-20-18-23(13-7-15-25-20)16-19-8-4-3-5-9-19/h3-5,8-9,20H,6-7,10-18H2,1-2H3/t20-,21-/m0/s1. The lowest BCUT2D eigenvalue weighted by Crippen LogP contribution is -2.41. The van der Waals surface area contributed by atoms with Gasteiger partial charge in [0.15, 0.2) is 0 Å². The van der Waals surface area contributed by atoms with Crippen LogP contribution in [0, 0.1) is 0 Å². The molecule has 0 unspecified atom stereocenters. The van der Waals surface area contributed by atoms with Crippen LogP contribution < -0.4 is 0 Å². The highest BCUT2D eigenvalue weighted by Crippen LogP contribution is 2.25. The summed E-state index contributed by atoms with van der Waals surface area (Å²) in [5.41, 5.74) is 1.45. The molecule has 0 radical (unpaired) electrons. The Morgan fingerprint density at radius 3 is 2.68 bits per heavy atom. The topological polar surface area (TPSA) is 24.9 Å². The molecule has 3 rings (SSSR count). The molecule has 0 N–H and O–H groups in total. The van der Waals surface area contributed by atoms with E-state index < -0.39 is 0 Å². The molecular weight excluding hydrogens is 312 g/mol. The molecule has 2 aliphatic rings. The highest BCUT2D eigenvalue weighted by Gasteiger charge is 2.29. The second-order valence-electron chi connectivity index (χ2n) is 7.88. The second kappa shape index (κ2) is 9.13. The summed E-state index contributed by atoms with van der Waals surface area (Å²) in [6.45, 7) is 9.66. The molecule has 2 aliphatic heterocycles. The highest BCUT2D eigenvalue weighted by molar-refractivity contribution is 5.14. The van der Waals surface area contributed by atoms with E-state index in [1.54, 1.807) is 0 Å². The number of rotatable bonds is 5. The predicted octanol–water partition coefficient (Wildman–Crippen LogP) is 3.17. The Hall–Kier alpha value is -0.940.